The highest BCUT2D eigenvalue weighted by Crippen LogP contribution is 2.08. The van der Waals surface area contributed by atoms with Crippen LogP contribution in [0.25, 0.3) is 0 Å². The van der Waals surface area contributed by atoms with Gasteiger partial charge in [0.25, 0.3) is 0 Å². The molecule has 0 bridgehead atoms. The fourth-order valence-corrected chi connectivity index (χ4v) is 1.32. The van der Waals surface area contributed by atoms with Gasteiger partial charge < -0.3 is 9.15 Å². The molecule has 1 rings (SSSR count). The van der Waals surface area contributed by atoms with Gasteiger partial charge in [0.1, 0.15) is 0 Å². The van der Waals surface area contributed by atoms with Crippen molar-refractivity contribution in [2.45, 2.75) is 32.1 Å². The van der Waals surface area contributed by atoms with Crippen LogP contribution in [-0.2, 0) is 11.2 Å². The molecule has 0 unspecified atom stereocenters. The Morgan fingerprint density at radius 3 is 2.77 bits per heavy atom. The molecule has 0 saturated heterocycles. The summed E-state index contributed by atoms with van der Waals surface area (Å²) in [5.74, 6) is 0. The maximum absolute atomic E-state index is 4.98. The standard InChI is InChI=1S/C11H17O2/c1-12-8-5-3-2-4-6-11-7-9-13-10-11/h7,9-10H,1-6,8H2. The predicted molar refractivity (Wildman–Crippen MR) is 52.2 cm³/mol. The van der Waals surface area contributed by atoms with Gasteiger partial charge in [-0.2, -0.15) is 0 Å². The number of hydrogen-bond donors (Lipinski definition) is 0. The lowest BCUT2D eigenvalue weighted by Crippen LogP contribution is -1.88. The molecule has 0 saturated carbocycles. The largest absolute Gasteiger partial charge is 0.472 e. The van der Waals surface area contributed by atoms with E-state index in [1.807, 2.05) is 12.3 Å². The van der Waals surface area contributed by atoms with Crippen LogP contribution in [0.3, 0.4) is 0 Å². The summed E-state index contributed by atoms with van der Waals surface area (Å²) in [6, 6.07) is 2.03. The summed E-state index contributed by atoms with van der Waals surface area (Å²) in [6.45, 7) is 0.783. The summed E-state index contributed by atoms with van der Waals surface area (Å²) in [6.07, 6.45) is 9.51. The van der Waals surface area contributed by atoms with Crippen LogP contribution in [0.5, 0.6) is 0 Å². The first-order valence-corrected chi connectivity index (χ1v) is 4.81. The molecule has 0 amide bonds. The Kier molecular flexibility index (Phi) is 5.34. The van der Waals surface area contributed by atoms with Gasteiger partial charge in [0.15, 0.2) is 0 Å². The van der Waals surface area contributed by atoms with Gasteiger partial charge in [-0.25, -0.2) is 0 Å². The van der Waals surface area contributed by atoms with Gasteiger partial charge in [-0.1, -0.05) is 12.8 Å². The molecule has 0 N–H and O–H groups in total. The van der Waals surface area contributed by atoms with Crippen LogP contribution in [0.1, 0.15) is 31.2 Å². The lowest BCUT2D eigenvalue weighted by Gasteiger charge is -1.99. The lowest BCUT2D eigenvalue weighted by atomic mass is 10.1. The molecule has 0 fully saturated rings. The second-order valence-corrected chi connectivity index (χ2v) is 3.20. The van der Waals surface area contributed by atoms with Crippen LogP contribution in [0, 0.1) is 7.11 Å². The number of unbranched alkanes of at least 4 members (excludes halogenated alkanes) is 3. The number of ether oxygens (including phenoxy) is 1. The van der Waals surface area contributed by atoms with Crippen molar-refractivity contribution in [3.63, 3.8) is 0 Å². The number of aryl methyl sites for hydroxylation is 1. The quantitative estimate of drug-likeness (QED) is 0.603. The van der Waals surface area contributed by atoms with Crippen molar-refractivity contribution in [2.75, 3.05) is 6.61 Å². The Balaban J connectivity index is 1.90. The van der Waals surface area contributed by atoms with Crippen molar-refractivity contribution in [2.24, 2.45) is 0 Å². The summed E-state index contributed by atoms with van der Waals surface area (Å²) in [5.41, 5.74) is 1.30. The van der Waals surface area contributed by atoms with Gasteiger partial charge in [0.2, 0.25) is 0 Å². The van der Waals surface area contributed by atoms with Crippen molar-refractivity contribution in [1.82, 2.24) is 0 Å². The van der Waals surface area contributed by atoms with Gasteiger partial charge in [-0.3, -0.25) is 0 Å². The Morgan fingerprint density at radius 1 is 1.23 bits per heavy atom. The molecule has 0 spiro atoms. The van der Waals surface area contributed by atoms with E-state index < -0.39 is 0 Å². The molecule has 73 valence electrons. The van der Waals surface area contributed by atoms with E-state index in [1.54, 1.807) is 6.26 Å². The van der Waals surface area contributed by atoms with Crippen molar-refractivity contribution >= 4 is 0 Å². The van der Waals surface area contributed by atoms with Crippen molar-refractivity contribution in [1.29, 1.82) is 0 Å². The molecule has 1 radical (unpaired) electrons. The molecule has 0 aromatic carbocycles. The highest BCUT2D eigenvalue weighted by atomic mass is 16.5. The Morgan fingerprint density at radius 2 is 2.08 bits per heavy atom. The van der Waals surface area contributed by atoms with Gasteiger partial charge >= 0.3 is 0 Å². The third-order valence-corrected chi connectivity index (χ3v) is 2.08. The zero-order chi connectivity index (χ0) is 9.36. The minimum atomic E-state index is 0.783. The maximum Gasteiger partial charge on any atom is 0.0934 e. The second kappa shape index (κ2) is 6.72. The van der Waals surface area contributed by atoms with Gasteiger partial charge in [-0.15, -0.1) is 0 Å². The number of rotatable bonds is 7. The lowest BCUT2D eigenvalue weighted by molar-refractivity contribution is 0.233. The third kappa shape index (κ3) is 4.73. The molecule has 1 aromatic rings. The number of hydrogen-bond acceptors (Lipinski definition) is 2. The van der Waals surface area contributed by atoms with Gasteiger partial charge in [0.05, 0.1) is 19.6 Å². The smallest absolute Gasteiger partial charge is 0.0934 e. The van der Waals surface area contributed by atoms with Gasteiger partial charge in [-0.05, 0) is 30.9 Å². The van der Waals surface area contributed by atoms with Crippen LogP contribution in [0.15, 0.2) is 23.0 Å². The summed E-state index contributed by atoms with van der Waals surface area (Å²) in [7, 11) is 3.33. The first kappa shape index (κ1) is 10.3. The second-order valence-electron chi connectivity index (χ2n) is 3.20. The minimum absolute atomic E-state index is 0.783. The molecule has 0 aliphatic heterocycles. The van der Waals surface area contributed by atoms with Crippen molar-refractivity contribution in [3.05, 3.63) is 31.3 Å². The van der Waals surface area contributed by atoms with Crippen molar-refractivity contribution < 1.29 is 9.15 Å². The van der Waals surface area contributed by atoms with E-state index in [1.165, 1.54) is 24.8 Å². The topological polar surface area (TPSA) is 22.4 Å². The fraction of sp³-hybridized carbons (Fsp3) is 0.545. The average Bonchev–Trinajstić information content (AvgIpc) is 2.63. The normalized spacial score (nSPS) is 10.5. The Labute approximate surface area is 79.9 Å². The summed E-state index contributed by atoms with van der Waals surface area (Å²) < 4.78 is 9.71. The highest BCUT2D eigenvalue weighted by Gasteiger charge is 1.94. The van der Waals surface area contributed by atoms with Crippen LogP contribution in [0.2, 0.25) is 0 Å². The molecule has 1 heterocycles. The van der Waals surface area contributed by atoms with E-state index in [4.69, 9.17) is 9.15 Å². The molecule has 2 heteroatoms. The first-order chi connectivity index (χ1) is 6.43. The van der Waals surface area contributed by atoms with Crippen molar-refractivity contribution in [3.8, 4) is 0 Å². The van der Waals surface area contributed by atoms with E-state index in [2.05, 4.69) is 7.11 Å². The number of furan rings is 1. The third-order valence-electron chi connectivity index (χ3n) is 2.08. The molecular weight excluding hydrogens is 164 g/mol. The highest BCUT2D eigenvalue weighted by molar-refractivity contribution is 5.04. The van der Waals surface area contributed by atoms with E-state index in [-0.39, 0.29) is 0 Å². The molecule has 0 aliphatic rings. The van der Waals surface area contributed by atoms with E-state index in [9.17, 15) is 0 Å². The molecule has 0 atom stereocenters. The maximum atomic E-state index is 4.98. The van der Waals surface area contributed by atoms with Crippen LogP contribution >= 0.6 is 0 Å². The Bertz CT molecular complexity index is 192. The molecule has 0 aliphatic carbocycles. The fourth-order valence-electron chi connectivity index (χ4n) is 1.32. The molecule has 1 aromatic heterocycles. The summed E-state index contributed by atoms with van der Waals surface area (Å²) >= 11 is 0. The van der Waals surface area contributed by atoms with E-state index in [0.29, 0.717) is 0 Å². The van der Waals surface area contributed by atoms with Gasteiger partial charge in [0, 0.05) is 6.61 Å². The van der Waals surface area contributed by atoms with E-state index >= 15 is 0 Å². The summed E-state index contributed by atoms with van der Waals surface area (Å²) in [4.78, 5) is 0. The zero-order valence-corrected chi connectivity index (χ0v) is 8.00. The predicted octanol–water partition coefficient (Wildman–Crippen LogP) is 3.19. The molecular formula is C11H17O2. The van der Waals surface area contributed by atoms with Crippen LogP contribution in [-0.4, -0.2) is 6.61 Å². The Hall–Kier alpha value is -0.760. The zero-order valence-electron chi connectivity index (χ0n) is 8.00. The SMILES string of the molecule is [CH2]OCCCCCCc1ccoc1. The van der Waals surface area contributed by atoms with E-state index in [0.717, 1.165) is 19.4 Å². The molecule has 2 nitrogen and oxygen atoms in total. The average molecular weight is 181 g/mol. The van der Waals surface area contributed by atoms with Crippen LogP contribution < -0.4 is 0 Å². The molecule has 13 heavy (non-hydrogen) atoms. The first-order valence-electron chi connectivity index (χ1n) is 4.81. The summed E-state index contributed by atoms with van der Waals surface area (Å²) in [5, 5.41) is 0. The van der Waals surface area contributed by atoms with Crippen LogP contribution in [0.4, 0.5) is 0 Å². The monoisotopic (exact) mass is 181 g/mol. The minimum Gasteiger partial charge on any atom is -0.472 e.